The molecule has 3 aromatic rings. The first-order valence-electron chi connectivity index (χ1n) is 17.1. The number of nitrogens with zero attached hydrogens (tertiary/aromatic N) is 2. The fraction of sp³-hybridized carbons (Fsp3) is 0.447. The van der Waals surface area contributed by atoms with Crippen LogP contribution in [0.1, 0.15) is 60.3 Å². The van der Waals surface area contributed by atoms with E-state index in [1.807, 2.05) is 26.0 Å². The van der Waals surface area contributed by atoms with E-state index in [1.54, 1.807) is 63.6 Å². The minimum absolute atomic E-state index is 0.00800. The molecule has 0 saturated carbocycles. The average molecular weight is 688 g/mol. The van der Waals surface area contributed by atoms with E-state index in [2.05, 4.69) is 16.0 Å². The first-order chi connectivity index (χ1) is 24.0. The lowest BCUT2D eigenvalue weighted by molar-refractivity contribution is -0.137. The summed E-state index contributed by atoms with van der Waals surface area (Å²) in [4.78, 5) is 68.7. The highest BCUT2D eigenvalue weighted by Gasteiger charge is 2.28. The maximum atomic E-state index is 14.1. The van der Waals surface area contributed by atoms with Crippen molar-refractivity contribution in [3.05, 3.63) is 93.4 Å². The molecule has 1 aromatic heterocycles. The number of hydrogen-bond donors (Lipinski definition) is 3. The van der Waals surface area contributed by atoms with Crippen LogP contribution in [0.5, 0.6) is 11.5 Å². The largest absolute Gasteiger partial charge is 0.497 e. The fourth-order valence-electron chi connectivity index (χ4n) is 6.15. The van der Waals surface area contributed by atoms with E-state index in [0.717, 1.165) is 16.8 Å². The van der Waals surface area contributed by atoms with Gasteiger partial charge in [0.25, 0.3) is 11.5 Å². The molecule has 2 aromatic carbocycles. The van der Waals surface area contributed by atoms with Crippen LogP contribution in [0.25, 0.3) is 0 Å². The molecule has 1 aliphatic rings. The summed E-state index contributed by atoms with van der Waals surface area (Å²) in [6.07, 6.45) is 1.79. The number of rotatable bonds is 9. The molecule has 2 heterocycles. The highest BCUT2D eigenvalue weighted by Crippen LogP contribution is 2.22. The van der Waals surface area contributed by atoms with Gasteiger partial charge in [0, 0.05) is 55.8 Å². The summed E-state index contributed by atoms with van der Waals surface area (Å²) in [5, 5.41) is 8.95. The van der Waals surface area contributed by atoms with Crippen molar-refractivity contribution in [1.29, 1.82) is 0 Å². The van der Waals surface area contributed by atoms with Gasteiger partial charge in [-0.05, 0) is 79.6 Å². The first-order valence-corrected chi connectivity index (χ1v) is 17.1. The maximum absolute atomic E-state index is 14.1. The standard InChI is InChI=1S/C38H49N5O7/c1-25(2)20-30-23-42(35(45)17-19-43-26(3)8-6-10-36(43)46)24-34(44)39-18-7-9-28-22-29(13-16-33(28)50-5)37(47)41-32(38(48)40-30)21-27-11-14-31(49-4)15-12-27/h6,8,10-16,22,25,30,32H,7,9,17-21,23-24H2,1-5H3,(H,39,44)(H,40,48)(H,41,47)/t30-,32-/m0/s1. The molecule has 268 valence electrons. The molecule has 0 fully saturated rings. The van der Waals surface area contributed by atoms with Gasteiger partial charge in [-0.1, -0.05) is 32.0 Å². The Morgan fingerprint density at radius 2 is 1.72 bits per heavy atom. The highest BCUT2D eigenvalue weighted by molar-refractivity contribution is 5.98. The SMILES string of the molecule is COc1ccc(C[C@@H]2NC(=O)c3ccc(OC)c(c3)CCCNC(=O)CN(C(=O)CCn3c(C)cccc3=O)C[C@H](CC(C)C)NC2=O)cc1. The van der Waals surface area contributed by atoms with Crippen molar-refractivity contribution in [2.45, 2.75) is 71.5 Å². The van der Waals surface area contributed by atoms with Gasteiger partial charge in [0.1, 0.15) is 17.5 Å². The molecule has 50 heavy (non-hydrogen) atoms. The van der Waals surface area contributed by atoms with E-state index < -0.39 is 23.9 Å². The van der Waals surface area contributed by atoms with E-state index in [-0.39, 0.29) is 55.8 Å². The second-order valence-corrected chi connectivity index (χ2v) is 13.1. The second kappa shape index (κ2) is 18.0. The number of aromatic nitrogens is 1. The van der Waals surface area contributed by atoms with Gasteiger partial charge in [-0.15, -0.1) is 0 Å². The van der Waals surface area contributed by atoms with Crippen molar-refractivity contribution in [3.63, 3.8) is 0 Å². The summed E-state index contributed by atoms with van der Waals surface area (Å²) in [6.45, 7) is 6.17. The summed E-state index contributed by atoms with van der Waals surface area (Å²) in [5.74, 6) is -0.0668. The van der Waals surface area contributed by atoms with Crippen molar-refractivity contribution < 1.29 is 28.7 Å². The molecule has 0 unspecified atom stereocenters. The number of methoxy groups -OCH3 is 2. The molecule has 0 aliphatic carbocycles. The number of pyridine rings is 1. The van der Waals surface area contributed by atoms with Crippen LogP contribution < -0.4 is 31.0 Å². The maximum Gasteiger partial charge on any atom is 0.251 e. The van der Waals surface area contributed by atoms with E-state index in [9.17, 15) is 24.0 Å². The third-order valence-electron chi connectivity index (χ3n) is 8.76. The smallest absolute Gasteiger partial charge is 0.251 e. The quantitative estimate of drug-likeness (QED) is 0.313. The number of ether oxygens (including phenoxy) is 2. The van der Waals surface area contributed by atoms with Crippen LogP contribution in [0.4, 0.5) is 0 Å². The predicted molar refractivity (Wildman–Crippen MR) is 190 cm³/mol. The van der Waals surface area contributed by atoms with Gasteiger partial charge in [0.15, 0.2) is 0 Å². The first kappa shape index (κ1) is 37.7. The van der Waals surface area contributed by atoms with E-state index in [4.69, 9.17) is 9.47 Å². The zero-order chi connectivity index (χ0) is 36.2. The number of fused-ring (bicyclic) bond motifs is 2. The molecular weight excluding hydrogens is 638 g/mol. The topological polar surface area (TPSA) is 148 Å². The Bertz CT molecular complexity index is 1700. The molecule has 12 heteroatoms. The molecule has 2 atom stereocenters. The summed E-state index contributed by atoms with van der Waals surface area (Å²) in [7, 11) is 3.13. The minimum atomic E-state index is -0.952. The molecule has 1 aliphatic heterocycles. The van der Waals surface area contributed by atoms with Gasteiger partial charge in [0.2, 0.25) is 17.7 Å². The molecule has 0 saturated heterocycles. The van der Waals surface area contributed by atoms with E-state index in [1.165, 1.54) is 15.5 Å². The summed E-state index contributed by atoms with van der Waals surface area (Å²) >= 11 is 0. The Hall–Kier alpha value is -5.13. The van der Waals surface area contributed by atoms with Crippen LogP contribution in [0.15, 0.2) is 65.5 Å². The molecule has 0 spiro atoms. The number of amides is 4. The molecule has 4 rings (SSSR count). The van der Waals surface area contributed by atoms with E-state index in [0.29, 0.717) is 42.9 Å². The Kier molecular flexibility index (Phi) is 13.6. The van der Waals surface area contributed by atoms with Gasteiger partial charge in [-0.25, -0.2) is 0 Å². The molecule has 0 radical (unpaired) electrons. The Morgan fingerprint density at radius 1 is 0.960 bits per heavy atom. The fourth-order valence-corrected chi connectivity index (χ4v) is 6.15. The highest BCUT2D eigenvalue weighted by atomic mass is 16.5. The summed E-state index contributed by atoms with van der Waals surface area (Å²) < 4.78 is 12.4. The molecular formula is C38H49N5O7. The normalized spacial score (nSPS) is 17.7. The number of benzene rings is 2. The van der Waals surface area contributed by atoms with Crippen LogP contribution in [0, 0.1) is 12.8 Å². The van der Waals surface area contributed by atoms with Crippen LogP contribution in [0.3, 0.4) is 0 Å². The summed E-state index contributed by atoms with van der Waals surface area (Å²) in [6, 6.07) is 15.8. The lowest BCUT2D eigenvalue weighted by Gasteiger charge is -2.30. The van der Waals surface area contributed by atoms with Crippen LogP contribution in [-0.2, 0) is 33.8 Å². The van der Waals surface area contributed by atoms with Crippen LogP contribution >= 0.6 is 0 Å². The van der Waals surface area contributed by atoms with Crippen molar-refractivity contribution in [2.75, 3.05) is 33.9 Å². The van der Waals surface area contributed by atoms with Crippen molar-refractivity contribution in [2.24, 2.45) is 5.92 Å². The molecule has 2 bridgehead atoms. The van der Waals surface area contributed by atoms with Crippen LogP contribution in [0.2, 0.25) is 0 Å². The van der Waals surface area contributed by atoms with E-state index >= 15 is 0 Å². The van der Waals surface area contributed by atoms with Gasteiger partial charge >= 0.3 is 0 Å². The van der Waals surface area contributed by atoms with Crippen molar-refractivity contribution in [1.82, 2.24) is 25.4 Å². The van der Waals surface area contributed by atoms with Crippen molar-refractivity contribution in [3.8, 4) is 11.5 Å². The van der Waals surface area contributed by atoms with Crippen molar-refractivity contribution >= 4 is 23.6 Å². The molecule has 4 amide bonds. The zero-order valence-electron chi connectivity index (χ0n) is 29.6. The zero-order valence-corrected chi connectivity index (χ0v) is 29.6. The van der Waals surface area contributed by atoms with Gasteiger partial charge < -0.3 is 34.9 Å². The Labute approximate surface area is 293 Å². The number of nitrogens with one attached hydrogen (secondary N) is 3. The Balaban J connectivity index is 1.66. The number of carbonyl (C=O) groups excluding carboxylic acids is 4. The monoisotopic (exact) mass is 687 g/mol. The third-order valence-corrected chi connectivity index (χ3v) is 8.76. The molecule has 3 N–H and O–H groups in total. The molecule has 12 nitrogen and oxygen atoms in total. The lowest BCUT2D eigenvalue weighted by Crippen LogP contribution is -2.54. The Morgan fingerprint density at radius 3 is 2.40 bits per heavy atom. The van der Waals surface area contributed by atoms with Gasteiger partial charge in [0.05, 0.1) is 20.8 Å². The van der Waals surface area contributed by atoms with Gasteiger partial charge in [-0.3, -0.25) is 24.0 Å². The van der Waals surface area contributed by atoms with Gasteiger partial charge in [-0.2, -0.15) is 0 Å². The number of carbonyl (C=O) groups is 4. The number of hydrogen-bond acceptors (Lipinski definition) is 7. The number of aryl methyl sites for hydroxylation is 2. The predicted octanol–water partition coefficient (Wildman–Crippen LogP) is 3.03. The minimum Gasteiger partial charge on any atom is -0.497 e. The van der Waals surface area contributed by atoms with Crippen LogP contribution in [-0.4, -0.2) is 79.0 Å². The third kappa shape index (κ3) is 10.7. The lowest BCUT2D eigenvalue weighted by atomic mass is 10.00. The second-order valence-electron chi connectivity index (χ2n) is 13.1. The summed E-state index contributed by atoms with van der Waals surface area (Å²) in [5.41, 5.74) is 2.49. The average Bonchev–Trinajstić information content (AvgIpc) is 3.08.